The molecule has 2 fully saturated rings. The maximum Gasteiger partial charge on any atom is 0.320 e. The largest absolute Gasteiger partial charge is 0.324 e. The zero-order valence-corrected chi connectivity index (χ0v) is 13.5. The minimum atomic E-state index is -0.981. The minimum absolute atomic E-state index is 0.0784. The molecule has 0 saturated carbocycles. The van der Waals surface area contributed by atoms with Crippen LogP contribution in [0.4, 0.5) is 13.6 Å². The number of allylic oxidation sites excluding steroid dienone is 1. The Morgan fingerprint density at radius 1 is 1.20 bits per heavy atom. The van der Waals surface area contributed by atoms with Crippen LogP contribution in [0.3, 0.4) is 0 Å². The molecule has 0 aliphatic carbocycles. The quantitative estimate of drug-likeness (QED) is 0.582. The number of hydrogen-bond acceptors (Lipinski definition) is 2. The van der Waals surface area contributed by atoms with Crippen LogP contribution in [0, 0.1) is 29.5 Å². The minimum Gasteiger partial charge on any atom is -0.324 e. The van der Waals surface area contributed by atoms with Crippen LogP contribution in [-0.2, 0) is 0 Å². The van der Waals surface area contributed by atoms with E-state index in [9.17, 15) is 18.8 Å². The fourth-order valence-electron chi connectivity index (χ4n) is 3.11. The van der Waals surface area contributed by atoms with Crippen molar-refractivity contribution in [1.82, 2.24) is 9.80 Å². The summed E-state index contributed by atoms with van der Waals surface area (Å²) in [6, 6.07) is 5.35. The average molecular weight is 342 g/mol. The van der Waals surface area contributed by atoms with Gasteiger partial charge in [0.25, 0.3) is 6.04 Å². The Bertz CT molecular complexity index is 805. The Kier molecular flexibility index (Phi) is 4.67. The molecule has 7 heteroatoms. The highest BCUT2D eigenvalue weighted by Gasteiger charge is 2.37. The van der Waals surface area contributed by atoms with Gasteiger partial charge in [0, 0.05) is 13.1 Å². The highest BCUT2D eigenvalue weighted by molar-refractivity contribution is 5.80. The van der Waals surface area contributed by atoms with Crippen LogP contribution in [0.5, 0.6) is 0 Å². The normalized spacial score (nSPS) is 17.5. The van der Waals surface area contributed by atoms with Crippen molar-refractivity contribution < 1.29 is 13.6 Å². The molecule has 0 atom stereocenters. The van der Waals surface area contributed by atoms with Gasteiger partial charge in [0.1, 0.15) is 0 Å². The zero-order chi connectivity index (χ0) is 18.0. The summed E-state index contributed by atoms with van der Waals surface area (Å²) in [4.78, 5) is 19.1. The van der Waals surface area contributed by atoms with Gasteiger partial charge in [-0.2, -0.15) is 5.26 Å². The maximum absolute atomic E-state index is 13.4. The van der Waals surface area contributed by atoms with Gasteiger partial charge in [-0.05, 0) is 36.1 Å². The Labute approximate surface area is 144 Å². The number of amides is 2. The molecule has 2 aliphatic heterocycles. The second kappa shape index (κ2) is 6.90. The first-order valence-corrected chi connectivity index (χ1v) is 8.01. The molecule has 2 amide bonds. The first-order valence-electron chi connectivity index (χ1n) is 8.01. The fraction of sp³-hybridized carbons (Fsp3) is 0.389. The summed E-state index contributed by atoms with van der Waals surface area (Å²) in [5.74, 6) is -1.93. The van der Waals surface area contributed by atoms with Crippen LogP contribution in [-0.4, -0.2) is 48.1 Å². The molecule has 5 nitrogen and oxygen atoms in total. The van der Waals surface area contributed by atoms with Gasteiger partial charge in [-0.3, -0.25) is 0 Å². The van der Waals surface area contributed by atoms with Gasteiger partial charge in [0.2, 0.25) is 0 Å². The third kappa shape index (κ3) is 3.32. The topological polar surface area (TPSA) is 51.7 Å². The summed E-state index contributed by atoms with van der Waals surface area (Å²) in [7, 11) is 0. The molecular formula is C18H16F2N4O. The number of piperidine rings is 1. The van der Waals surface area contributed by atoms with E-state index in [0.717, 1.165) is 17.7 Å². The van der Waals surface area contributed by atoms with E-state index in [2.05, 4.69) is 10.9 Å². The Hall–Kier alpha value is -2.93. The van der Waals surface area contributed by atoms with Crippen molar-refractivity contribution in [2.24, 2.45) is 0 Å². The standard InChI is InChI=1S/C18H16F2N4O/c1-22-14-10-24(11-14)18(25)23-6-4-12(5-7-23)15(9-21)13-2-3-16(19)17(20)8-13/h2-3,8,14H,4-7,10-11H2. The van der Waals surface area contributed by atoms with E-state index in [1.165, 1.54) is 6.07 Å². The van der Waals surface area contributed by atoms with Gasteiger partial charge in [-0.1, -0.05) is 6.07 Å². The summed E-state index contributed by atoms with van der Waals surface area (Å²) in [5, 5.41) is 9.42. The van der Waals surface area contributed by atoms with Gasteiger partial charge in [-0.25, -0.2) is 20.1 Å². The van der Waals surface area contributed by atoms with Crippen LogP contribution in [0.15, 0.2) is 23.8 Å². The molecule has 2 aliphatic rings. The Balaban J connectivity index is 1.68. The van der Waals surface area contributed by atoms with E-state index in [-0.39, 0.29) is 12.1 Å². The number of rotatable bonds is 1. The molecule has 1 aromatic carbocycles. The van der Waals surface area contributed by atoms with Crippen molar-refractivity contribution in [3.05, 3.63) is 52.4 Å². The highest BCUT2D eigenvalue weighted by atomic mass is 19.2. The third-order valence-corrected chi connectivity index (χ3v) is 4.63. The van der Waals surface area contributed by atoms with Crippen molar-refractivity contribution in [3.8, 4) is 6.07 Å². The summed E-state index contributed by atoms with van der Waals surface area (Å²) in [6.45, 7) is 8.82. The van der Waals surface area contributed by atoms with Crippen molar-refractivity contribution in [3.63, 3.8) is 0 Å². The predicted molar refractivity (Wildman–Crippen MR) is 87.1 cm³/mol. The van der Waals surface area contributed by atoms with Crippen molar-refractivity contribution in [2.75, 3.05) is 26.2 Å². The number of carbonyl (C=O) groups excluding carboxylic acids is 1. The molecule has 0 spiro atoms. The number of hydrogen-bond donors (Lipinski definition) is 0. The van der Waals surface area contributed by atoms with E-state index in [1.807, 2.05) is 0 Å². The summed E-state index contributed by atoms with van der Waals surface area (Å²) < 4.78 is 26.5. The second-order valence-electron chi connectivity index (χ2n) is 6.18. The van der Waals surface area contributed by atoms with Gasteiger partial charge in [-0.15, -0.1) is 0 Å². The molecule has 1 aromatic rings. The lowest BCUT2D eigenvalue weighted by Gasteiger charge is -2.38. The molecule has 128 valence electrons. The van der Waals surface area contributed by atoms with Crippen molar-refractivity contribution in [2.45, 2.75) is 18.9 Å². The van der Waals surface area contributed by atoms with E-state index in [1.54, 1.807) is 9.80 Å². The lowest BCUT2D eigenvalue weighted by Crippen LogP contribution is -2.57. The van der Waals surface area contributed by atoms with E-state index < -0.39 is 11.6 Å². The second-order valence-corrected chi connectivity index (χ2v) is 6.18. The first kappa shape index (κ1) is 16.9. The van der Waals surface area contributed by atoms with E-state index in [0.29, 0.717) is 50.2 Å². The lowest BCUT2D eigenvalue weighted by molar-refractivity contribution is 0.120. The molecule has 0 aromatic heterocycles. The molecule has 2 saturated heterocycles. The number of benzene rings is 1. The van der Waals surface area contributed by atoms with Gasteiger partial charge in [0.15, 0.2) is 11.6 Å². The lowest BCUT2D eigenvalue weighted by atomic mass is 9.94. The van der Waals surface area contributed by atoms with Crippen LogP contribution >= 0.6 is 0 Å². The van der Waals surface area contributed by atoms with Crippen molar-refractivity contribution in [1.29, 1.82) is 5.26 Å². The van der Waals surface area contributed by atoms with Crippen LogP contribution in [0.1, 0.15) is 18.4 Å². The van der Waals surface area contributed by atoms with Gasteiger partial charge >= 0.3 is 6.03 Å². The Morgan fingerprint density at radius 3 is 2.44 bits per heavy atom. The molecule has 25 heavy (non-hydrogen) atoms. The van der Waals surface area contributed by atoms with Crippen molar-refractivity contribution >= 4 is 11.6 Å². The number of carbonyl (C=O) groups is 1. The first-order chi connectivity index (χ1) is 12.0. The van der Waals surface area contributed by atoms with Crippen LogP contribution < -0.4 is 0 Å². The molecular weight excluding hydrogens is 326 g/mol. The molecule has 0 N–H and O–H groups in total. The maximum atomic E-state index is 13.4. The SMILES string of the molecule is [C-]#[N+]C1CN(C(=O)N2CCC(=C(C#N)c3ccc(F)c(F)c3)CC2)C1. The highest BCUT2D eigenvalue weighted by Crippen LogP contribution is 2.28. The molecule has 0 bridgehead atoms. The third-order valence-electron chi connectivity index (χ3n) is 4.63. The van der Waals surface area contributed by atoms with Gasteiger partial charge < -0.3 is 14.6 Å². The van der Waals surface area contributed by atoms with E-state index >= 15 is 0 Å². The smallest absolute Gasteiger partial charge is 0.320 e. The van der Waals surface area contributed by atoms with Gasteiger partial charge in [0.05, 0.1) is 24.7 Å². The molecule has 0 radical (unpaired) electrons. The summed E-state index contributed by atoms with van der Waals surface area (Å²) in [5.41, 5.74) is 1.56. The number of urea groups is 1. The number of halogens is 2. The van der Waals surface area contributed by atoms with E-state index in [4.69, 9.17) is 6.57 Å². The number of nitrogens with zero attached hydrogens (tertiary/aromatic N) is 4. The summed E-state index contributed by atoms with van der Waals surface area (Å²) >= 11 is 0. The van der Waals surface area contributed by atoms with Crippen LogP contribution in [0.25, 0.3) is 10.4 Å². The van der Waals surface area contributed by atoms with Crippen LogP contribution in [0.2, 0.25) is 0 Å². The zero-order valence-electron chi connectivity index (χ0n) is 13.5. The monoisotopic (exact) mass is 342 g/mol. The fourth-order valence-corrected chi connectivity index (χ4v) is 3.11. The summed E-state index contributed by atoms with van der Waals surface area (Å²) in [6.07, 6.45) is 1.04. The molecule has 0 unspecified atom stereocenters. The molecule has 2 heterocycles. The average Bonchev–Trinajstić information content (AvgIpc) is 2.58. The predicted octanol–water partition coefficient (Wildman–Crippen LogP) is 3.06. The molecule has 3 rings (SSSR count). The number of likely N-dealkylation sites (tertiary alicyclic amines) is 2. The Morgan fingerprint density at radius 2 is 1.88 bits per heavy atom. The number of nitriles is 1.